The Hall–Kier alpha value is -2.69. The van der Waals surface area contributed by atoms with E-state index in [1.54, 1.807) is 12.4 Å². The van der Waals surface area contributed by atoms with Gasteiger partial charge in [-0.1, -0.05) is 18.2 Å². The van der Waals surface area contributed by atoms with Gasteiger partial charge in [0.2, 0.25) is 0 Å². The fourth-order valence-electron chi connectivity index (χ4n) is 3.38. The van der Waals surface area contributed by atoms with Gasteiger partial charge >= 0.3 is 0 Å². The van der Waals surface area contributed by atoms with E-state index in [1.165, 1.54) is 0 Å². The minimum atomic E-state index is 0.0496. The summed E-state index contributed by atoms with van der Waals surface area (Å²) in [6, 6.07) is 11.7. The summed E-state index contributed by atoms with van der Waals surface area (Å²) in [5.41, 5.74) is 2.45. The predicted molar refractivity (Wildman–Crippen MR) is 88.0 cm³/mol. The lowest BCUT2D eigenvalue weighted by Crippen LogP contribution is -2.38. The van der Waals surface area contributed by atoms with Crippen molar-refractivity contribution < 1.29 is 4.79 Å². The van der Waals surface area contributed by atoms with Crippen molar-refractivity contribution in [1.82, 2.24) is 20.1 Å². The lowest BCUT2D eigenvalue weighted by atomic mass is 9.97. The number of nitrogens with zero attached hydrogens (tertiary/aromatic N) is 3. The van der Waals surface area contributed by atoms with Gasteiger partial charge in [0.05, 0.1) is 22.8 Å². The molecule has 116 valence electrons. The molecule has 1 fully saturated rings. The van der Waals surface area contributed by atoms with E-state index in [1.807, 2.05) is 41.3 Å². The molecule has 5 heteroatoms. The van der Waals surface area contributed by atoms with Crippen molar-refractivity contribution in [1.29, 1.82) is 0 Å². The SMILES string of the molecule is O=C(c1cccc2cccnc12)N1CCCCC1c1ccn[nH]1. The Kier molecular flexibility index (Phi) is 3.54. The monoisotopic (exact) mass is 306 g/mol. The number of H-pyrrole nitrogens is 1. The van der Waals surface area contributed by atoms with E-state index in [-0.39, 0.29) is 11.9 Å². The van der Waals surface area contributed by atoms with Crippen LogP contribution >= 0.6 is 0 Å². The Morgan fingerprint density at radius 1 is 1.13 bits per heavy atom. The molecule has 1 saturated heterocycles. The molecule has 2 aromatic heterocycles. The molecule has 1 N–H and O–H groups in total. The van der Waals surface area contributed by atoms with E-state index in [4.69, 9.17) is 0 Å². The summed E-state index contributed by atoms with van der Waals surface area (Å²) in [4.78, 5) is 19.5. The van der Waals surface area contributed by atoms with E-state index in [0.717, 1.165) is 42.4 Å². The Balaban J connectivity index is 1.74. The second-order valence-electron chi connectivity index (χ2n) is 5.90. The molecule has 5 nitrogen and oxygen atoms in total. The molecule has 0 aliphatic carbocycles. The normalized spacial score (nSPS) is 18.3. The number of pyridine rings is 1. The first-order chi connectivity index (χ1) is 11.3. The van der Waals surface area contributed by atoms with Crippen molar-refractivity contribution in [2.75, 3.05) is 6.54 Å². The number of amides is 1. The van der Waals surface area contributed by atoms with Crippen LogP contribution in [-0.2, 0) is 0 Å². The van der Waals surface area contributed by atoms with Crippen LogP contribution in [-0.4, -0.2) is 32.5 Å². The van der Waals surface area contributed by atoms with Gasteiger partial charge in [-0.25, -0.2) is 0 Å². The molecule has 1 aromatic carbocycles. The van der Waals surface area contributed by atoms with Crippen LogP contribution < -0.4 is 0 Å². The van der Waals surface area contributed by atoms with Crippen LogP contribution in [0.25, 0.3) is 10.9 Å². The Morgan fingerprint density at radius 3 is 2.91 bits per heavy atom. The van der Waals surface area contributed by atoms with Gasteiger partial charge in [0.1, 0.15) is 0 Å². The van der Waals surface area contributed by atoms with Crippen LogP contribution in [0, 0.1) is 0 Å². The summed E-state index contributed by atoms with van der Waals surface area (Å²) in [5, 5.41) is 8.05. The molecule has 23 heavy (non-hydrogen) atoms. The Labute approximate surface area is 134 Å². The lowest BCUT2D eigenvalue weighted by molar-refractivity contribution is 0.0608. The summed E-state index contributed by atoms with van der Waals surface area (Å²) in [6.45, 7) is 0.770. The first kappa shape index (κ1) is 13.9. The first-order valence-electron chi connectivity index (χ1n) is 7.98. The summed E-state index contributed by atoms with van der Waals surface area (Å²) >= 11 is 0. The fourth-order valence-corrected chi connectivity index (χ4v) is 3.38. The Bertz CT molecular complexity index is 823. The maximum Gasteiger partial charge on any atom is 0.256 e. The highest BCUT2D eigenvalue weighted by Gasteiger charge is 2.30. The van der Waals surface area contributed by atoms with E-state index in [0.29, 0.717) is 5.56 Å². The number of hydrogen-bond donors (Lipinski definition) is 1. The van der Waals surface area contributed by atoms with E-state index >= 15 is 0 Å². The molecule has 1 aliphatic heterocycles. The van der Waals surface area contributed by atoms with Gasteiger partial charge in [0, 0.05) is 24.3 Å². The van der Waals surface area contributed by atoms with Gasteiger partial charge in [0.25, 0.3) is 5.91 Å². The number of aromatic nitrogens is 3. The largest absolute Gasteiger partial charge is 0.330 e. The van der Waals surface area contributed by atoms with Crippen molar-refractivity contribution in [3.63, 3.8) is 0 Å². The molecule has 1 aliphatic rings. The number of carbonyl (C=O) groups excluding carboxylic acids is 1. The number of nitrogens with one attached hydrogen (secondary N) is 1. The molecule has 3 heterocycles. The van der Waals surface area contributed by atoms with Crippen LogP contribution in [0.5, 0.6) is 0 Å². The smallest absolute Gasteiger partial charge is 0.256 e. The van der Waals surface area contributed by atoms with Crippen molar-refractivity contribution in [2.24, 2.45) is 0 Å². The average molecular weight is 306 g/mol. The lowest BCUT2D eigenvalue weighted by Gasteiger charge is -2.35. The number of carbonyl (C=O) groups is 1. The first-order valence-corrected chi connectivity index (χ1v) is 7.98. The summed E-state index contributed by atoms with van der Waals surface area (Å²) in [5.74, 6) is 0.0496. The van der Waals surface area contributed by atoms with Gasteiger partial charge in [-0.05, 0) is 37.5 Å². The molecule has 1 amide bonds. The van der Waals surface area contributed by atoms with E-state index in [9.17, 15) is 4.79 Å². The number of rotatable bonds is 2. The van der Waals surface area contributed by atoms with Crippen molar-refractivity contribution in [3.8, 4) is 0 Å². The molecule has 0 bridgehead atoms. The number of fused-ring (bicyclic) bond motifs is 1. The highest BCUT2D eigenvalue weighted by molar-refractivity contribution is 6.05. The Morgan fingerprint density at radius 2 is 2.04 bits per heavy atom. The van der Waals surface area contributed by atoms with Crippen LogP contribution in [0.3, 0.4) is 0 Å². The molecule has 1 atom stereocenters. The van der Waals surface area contributed by atoms with Gasteiger partial charge < -0.3 is 4.90 Å². The van der Waals surface area contributed by atoms with Gasteiger partial charge in [-0.15, -0.1) is 0 Å². The summed E-state index contributed by atoms with van der Waals surface area (Å²) in [6.07, 6.45) is 6.61. The number of benzene rings is 1. The number of piperidine rings is 1. The molecule has 4 rings (SSSR count). The molecular weight excluding hydrogens is 288 g/mol. The van der Waals surface area contributed by atoms with Gasteiger partial charge in [-0.2, -0.15) is 5.10 Å². The molecule has 0 spiro atoms. The molecular formula is C18H18N4O. The van der Waals surface area contributed by atoms with Crippen LogP contribution in [0.1, 0.15) is 41.4 Å². The van der Waals surface area contributed by atoms with Crippen LogP contribution in [0.2, 0.25) is 0 Å². The second-order valence-corrected chi connectivity index (χ2v) is 5.90. The zero-order valence-corrected chi connectivity index (χ0v) is 12.8. The maximum absolute atomic E-state index is 13.2. The predicted octanol–water partition coefficient (Wildman–Crippen LogP) is 3.33. The quantitative estimate of drug-likeness (QED) is 0.790. The molecule has 3 aromatic rings. The third kappa shape index (κ3) is 2.48. The third-order valence-corrected chi connectivity index (χ3v) is 4.51. The highest BCUT2D eigenvalue weighted by atomic mass is 16.2. The van der Waals surface area contributed by atoms with Crippen molar-refractivity contribution >= 4 is 16.8 Å². The highest BCUT2D eigenvalue weighted by Crippen LogP contribution is 2.31. The zero-order chi connectivity index (χ0) is 15.6. The van der Waals surface area contributed by atoms with Gasteiger partial charge in [0.15, 0.2) is 0 Å². The fraction of sp³-hybridized carbons (Fsp3) is 0.278. The van der Waals surface area contributed by atoms with Crippen molar-refractivity contribution in [3.05, 3.63) is 60.0 Å². The minimum absolute atomic E-state index is 0.0496. The number of para-hydroxylation sites is 1. The van der Waals surface area contributed by atoms with Crippen molar-refractivity contribution in [2.45, 2.75) is 25.3 Å². The van der Waals surface area contributed by atoms with E-state index < -0.39 is 0 Å². The van der Waals surface area contributed by atoms with Gasteiger partial charge in [-0.3, -0.25) is 14.9 Å². The van der Waals surface area contributed by atoms with Crippen LogP contribution in [0.15, 0.2) is 48.8 Å². The van der Waals surface area contributed by atoms with Crippen LogP contribution in [0.4, 0.5) is 0 Å². The minimum Gasteiger partial charge on any atom is -0.330 e. The maximum atomic E-state index is 13.2. The third-order valence-electron chi connectivity index (χ3n) is 4.51. The molecule has 0 radical (unpaired) electrons. The molecule has 0 saturated carbocycles. The topological polar surface area (TPSA) is 61.9 Å². The summed E-state index contributed by atoms with van der Waals surface area (Å²) < 4.78 is 0. The number of hydrogen-bond acceptors (Lipinski definition) is 3. The number of likely N-dealkylation sites (tertiary alicyclic amines) is 1. The number of aromatic amines is 1. The summed E-state index contributed by atoms with van der Waals surface area (Å²) in [7, 11) is 0. The average Bonchev–Trinajstić information content (AvgIpc) is 3.15. The zero-order valence-electron chi connectivity index (χ0n) is 12.8. The second kappa shape index (κ2) is 5.83. The molecule has 1 unspecified atom stereocenters. The van der Waals surface area contributed by atoms with E-state index in [2.05, 4.69) is 15.2 Å². The standard InChI is InChI=1S/C18H18N4O/c23-18(14-7-3-5-13-6-4-10-19-17(13)14)22-12-2-1-8-16(22)15-9-11-20-21-15/h3-7,9-11,16H,1-2,8,12H2,(H,20,21).